The lowest BCUT2D eigenvalue weighted by Gasteiger charge is -2.24. The molecule has 0 aliphatic heterocycles. The van der Waals surface area contributed by atoms with Crippen LogP contribution < -0.4 is 15.0 Å². The number of aromatic amines is 1. The molecule has 1 heterocycles. The first-order chi connectivity index (χ1) is 15.4. The molecule has 0 spiro atoms. The van der Waals surface area contributed by atoms with Crippen molar-refractivity contribution in [2.24, 2.45) is 0 Å². The summed E-state index contributed by atoms with van der Waals surface area (Å²) in [6.07, 6.45) is 4.96. The van der Waals surface area contributed by atoms with Gasteiger partial charge in [0.15, 0.2) is 0 Å². The van der Waals surface area contributed by atoms with E-state index >= 15 is 0 Å². The average Bonchev–Trinajstić information content (AvgIpc) is 2.72. The summed E-state index contributed by atoms with van der Waals surface area (Å²) < 4.78 is 31.0. The Kier molecular flexibility index (Phi) is 6.78. The average molecular weight is 468 g/mol. The zero-order valence-electron chi connectivity index (χ0n) is 19.7. The molecule has 8 heteroatoms. The van der Waals surface area contributed by atoms with Gasteiger partial charge in [-0.05, 0) is 53.8 Å². The van der Waals surface area contributed by atoms with Gasteiger partial charge < -0.3 is 4.74 Å². The van der Waals surface area contributed by atoms with Crippen molar-refractivity contribution >= 4 is 27.9 Å². The normalized spacial score (nSPS) is 12.2. The highest BCUT2D eigenvalue weighted by molar-refractivity contribution is 7.92. The van der Waals surface area contributed by atoms with Crippen molar-refractivity contribution in [3.05, 3.63) is 75.2 Å². The fourth-order valence-corrected chi connectivity index (χ4v) is 4.06. The van der Waals surface area contributed by atoms with E-state index in [1.165, 1.54) is 0 Å². The largest absolute Gasteiger partial charge is 0.496 e. The SMILES string of the molecule is COc1c(/C=C/c2ccc(NS(C)(=O)=O)cc2)cc(-c2cc(C)n[nH]c2=O)cc1C(C)(C)C. The van der Waals surface area contributed by atoms with Crippen LogP contribution in [-0.4, -0.2) is 32.0 Å². The zero-order valence-corrected chi connectivity index (χ0v) is 20.5. The summed E-state index contributed by atoms with van der Waals surface area (Å²) >= 11 is 0. The van der Waals surface area contributed by atoms with E-state index < -0.39 is 10.0 Å². The van der Waals surface area contributed by atoms with Crippen LogP contribution in [0.4, 0.5) is 5.69 Å². The van der Waals surface area contributed by atoms with Gasteiger partial charge in [0, 0.05) is 16.8 Å². The molecule has 0 bridgehead atoms. The van der Waals surface area contributed by atoms with E-state index in [1.807, 2.05) is 43.3 Å². The maximum atomic E-state index is 12.5. The minimum atomic E-state index is -3.33. The summed E-state index contributed by atoms with van der Waals surface area (Å²) in [5.74, 6) is 0.736. The van der Waals surface area contributed by atoms with E-state index in [2.05, 4.69) is 35.7 Å². The standard InChI is InChI=1S/C25H29N3O4S/c1-16-13-21(24(29)27-26-16)19-14-18(23(32-5)22(15-19)25(2,3)4)10-7-17-8-11-20(12-9-17)28-33(6,30)31/h7-15,28H,1-6H3,(H,27,29)/b10-7+. The van der Waals surface area contributed by atoms with Crippen molar-refractivity contribution in [3.63, 3.8) is 0 Å². The minimum Gasteiger partial charge on any atom is -0.496 e. The molecule has 0 radical (unpaired) electrons. The number of methoxy groups -OCH3 is 1. The van der Waals surface area contributed by atoms with Gasteiger partial charge in [-0.3, -0.25) is 9.52 Å². The third kappa shape index (κ3) is 6.10. The fraction of sp³-hybridized carbons (Fsp3) is 0.280. The molecule has 0 atom stereocenters. The number of hydrogen-bond acceptors (Lipinski definition) is 5. The number of nitrogens with zero attached hydrogens (tertiary/aromatic N) is 1. The van der Waals surface area contributed by atoms with E-state index in [-0.39, 0.29) is 11.0 Å². The molecule has 0 saturated carbocycles. The van der Waals surface area contributed by atoms with Crippen LogP contribution in [0, 0.1) is 6.92 Å². The highest BCUT2D eigenvalue weighted by Gasteiger charge is 2.23. The highest BCUT2D eigenvalue weighted by Crippen LogP contribution is 2.38. The molecular weight excluding hydrogens is 438 g/mol. The van der Waals surface area contributed by atoms with Crippen molar-refractivity contribution in [1.29, 1.82) is 0 Å². The molecule has 2 aromatic carbocycles. The molecule has 2 N–H and O–H groups in total. The van der Waals surface area contributed by atoms with Gasteiger partial charge >= 0.3 is 0 Å². The Balaban J connectivity index is 2.10. The van der Waals surface area contributed by atoms with Crippen LogP contribution in [0.2, 0.25) is 0 Å². The molecule has 0 aliphatic rings. The smallest absolute Gasteiger partial charge is 0.272 e. The maximum Gasteiger partial charge on any atom is 0.272 e. The number of anilines is 1. The summed E-state index contributed by atoms with van der Waals surface area (Å²) in [5.41, 5.74) is 4.75. The van der Waals surface area contributed by atoms with Crippen LogP contribution in [0.15, 0.2) is 47.3 Å². The van der Waals surface area contributed by atoms with Gasteiger partial charge in [0.05, 0.1) is 24.6 Å². The summed E-state index contributed by atoms with van der Waals surface area (Å²) in [5, 5.41) is 6.53. The Morgan fingerprint density at radius 2 is 1.73 bits per heavy atom. The Bertz CT molecular complexity index is 1350. The van der Waals surface area contributed by atoms with E-state index in [0.717, 1.165) is 40.0 Å². The van der Waals surface area contributed by atoms with E-state index in [4.69, 9.17) is 4.74 Å². The van der Waals surface area contributed by atoms with Crippen LogP contribution in [0.25, 0.3) is 23.3 Å². The zero-order chi connectivity index (χ0) is 24.4. The van der Waals surface area contributed by atoms with Gasteiger partial charge in [-0.1, -0.05) is 45.1 Å². The monoisotopic (exact) mass is 467 g/mol. The first-order valence-corrected chi connectivity index (χ1v) is 12.3. The predicted octanol–water partition coefficient (Wildman–Crippen LogP) is 4.59. The number of ether oxygens (including phenoxy) is 1. The van der Waals surface area contributed by atoms with Crippen LogP contribution in [-0.2, 0) is 15.4 Å². The molecule has 7 nitrogen and oxygen atoms in total. The Morgan fingerprint density at radius 3 is 2.30 bits per heavy atom. The van der Waals surface area contributed by atoms with Crippen LogP contribution in [0.5, 0.6) is 5.75 Å². The van der Waals surface area contributed by atoms with Gasteiger partial charge in [-0.25, -0.2) is 13.5 Å². The predicted molar refractivity (Wildman–Crippen MR) is 134 cm³/mol. The van der Waals surface area contributed by atoms with Crippen molar-refractivity contribution < 1.29 is 13.2 Å². The molecular formula is C25H29N3O4S. The first kappa shape index (κ1) is 24.3. The summed E-state index contributed by atoms with van der Waals surface area (Å²) in [6, 6.07) is 12.7. The molecule has 0 amide bonds. The number of rotatable bonds is 6. The molecule has 0 aliphatic carbocycles. The molecule has 1 aromatic heterocycles. The van der Waals surface area contributed by atoms with Gasteiger partial charge in [0.25, 0.3) is 5.56 Å². The Hall–Kier alpha value is -3.39. The Morgan fingerprint density at radius 1 is 1.06 bits per heavy atom. The van der Waals surface area contributed by atoms with E-state index in [1.54, 1.807) is 25.3 Å². The van der Waals surface area contributed by atoms with Crippen LogP contribution in [0.3, 0.4) is 0 Å². The van der Waals surface area contributed by atoms with E-state index in [9.17, 15) is 13.2 Å². The number of sulfonamides is 1. The quantitative estimate of drug-likeness (QED) is 0.516. The maximum absolute atomic E-state index is 12.5. The summed E-state index contributed by atoms with van der Waals surface area (Å²) in [6.45, 7) is 8.11. The molecule has 0 fully saturated rings. The highest BCUT2D eigenvalue weighted by atomic mass is 32.2. The van der Waals surface area contributed by atoms with Crippen LogP contribution >= 0.6 is 0 Å². The number of aromatic nitrogens is 2. The second-order valence-electron chi connectivity index (χ2n) is 8.98. The number of nitrogens with one attached hydrogen (secondary N) is 2. The number of H-pyrrole nitrogens is 1. The summed E-state index contributed by atoms with van der Waals surface area (Å²) in [7, 11) is -1.69. The summed E-state index contributed by atoms with van der Waals surface area (Å²) in [4.78, 5) is 12.5. The molecule has 33 heavy (non-hydrogen) atoms. The molecule has 0 saturated heterocycles. The van der Waals surface area contributed by atoms with Gasteiger partial charge in [0.2, 0.25) is 10.0 Å². The first-order valence-electron chi connectivity index (χ1n) is 10.4. The van der Waals surface area contributed by atoms with Gasteiger partial charge in [-0.15, -0.1) is 0 Å². The number of benzene rings is 2. The molecule has 3 rings (SSSR count). The second-order valence-corrected chi connectivity index (χ2v) is 10.7. The molecule has 0 unspecified atom stereocenters. The lowest BCUT2D eigenvalue weighted by atomic mass is 9.83. The molecule has 3 aromatic rings. The Labute approximate surface area is 194 Å². The lowest BCUT2D eigenvalue weighted by Crippen LogP contribution is -2.15. The third-order valence-corrected chi connectivity index (χ3v) is 5.65. The molecule has 174 valence electrons. The van der Waals surface area contributed by atoms with Crippen molar-refractivity contribution in [3.8, 4) is 16.9 Å². The van der Waals surface area contributed by atoms with Gasteiger partial charge in [-0.2, -0.15) is 5.10 Å². The number of aryl methyl sites for hydroxylation is 1. The number of hydrogen-bond donors (Lipinski definition) is 2. The lowest BCUT2D eigenvalue weighted by molar-refractivity contribution is 0.397. The van der Waals surface area contributed by atoms with Crippen molar-refractivity contribution in [1.82, 2.24) is 10.2 Å². The minimum absolute atomic E-state index is 0.224. The van der Waals surface area contributed by atoms with Crippen molar-refractivity contribution in [2.45, 2.75) is 33.1 Å². The van der Waals surface area contributed by atoms with Gasteiger partial charge in [0.1, 0.15) is 5.75 Å². The second kappa shape index (κ2) is 9.23. The van der Waals surface area contributed by atoms with E-state index in [0.29, 0.717) is 11.3 Å². The van der Waals surface area contributed by atoms with Crippen molar-refractivity contribution in [2.75, 3.05) is 18.1 Å². The fourth-order valence-electron chi connectivity index (χ4n) is 3.50. The topological polar surface area (TPSA) is 101 Å². The third-order valence-electron chi connectivity index (χ3n) is 5.04. The van der Waals surface area contributed by atoms with Crippen LogP contribution in [0.1, 0.15) is 43.2 Å².